The molecule has 1 aromatic rings. The quantitative estimate of drug-likeness (QED) is 0.851. The Morgan fingerprint density at radius 3 is 2.75 bits per heavy atom. The zero-order valence-electron chi connectivity index (χ0n) is 10.1. The van der Waals surface area contributed by atoms with Gasteiger partial charge in [0.2, 0.25) is 5.88 Å². The molecule has 3 unspecified atom stereocenters. The van der Waals surface area contributed by atoms with Gasteiger partial charge in [0.1, 0.15) is 12.1 Å². The molecule has 1 fully saturated rings. The first kappa shape index (κ1) is 11.2. The molecule has 1 saturated carbocycles. The maximum absolute atomic E-state index is 5.08. The van der Waals surface area contributed by atoms with Crippen molar-refractivity contribution in [2.75, 3.05) is 12.4 Å². The maximum Gasteiger partial charge on any atom is 0.218 e. The maximum atomic E-state index is 5.08. The van der Waals surface area contributed by atoms with Gasteiger partial charge in [0.25, 0.3) is 0 Å². The zero-order chi connectivity index (χ0) is 11.5. The topological polar surface area (TPSA) is 47.0 Å². The van der Waals surface area contributed by atoms with E-state index in [0.717, 1.165) is 11.7 Å². The van der Waals surface area contributed by atoms with Gasteiger partial charge in [-0.1, -0.05) is 13.8 Å². The van der Waals surface area contributed by atoms with E-state index in [1.165, 1.54) is 19.2 Å². The number of rotatable bonds is 3. The van der Waals surface area contributed by atoms with Crippen LogP contribution < -0.4 is 10.1 Å². The fraction of sp³-hybridized carbons (Fsp3) is 0.667. The number of hydrogen-bond donors (Lipinski definition) is 1. The van der Waals surface area contributed by atoms with Gasteiger partial charge in [0.05, 0.1) is 7.11 Å². The van der Waals surface area contributed by atoms with Crippen LogP contribution in [0.5, 0.6) is 5.88 Å². The molecule has 4 heteroatoms. The summed E-state index contributed by atoms with van der Waals surface area (Å²) in [5.41, 5.74) is 0. The largest absolute Gasteiger partial charge is 0.481 e. The molecule has 0 amide bonds. The second-order valence-corrected chi connectivity index (χ2v) is 4.61. The minimum Gasteiger partial charge on any atom is -0.481 e. The summed E-state index contributed by atoms with van der Waals surface area (Å²) in [7, 11) is 1.62. The standard InChI is InChI=1S/C12H19N3O/c1-8-4-5-10(9(8)2)15-11-6-12(16-3)14-7-13-11/h6-10H,4-5H2,1-3H3,(H,13,14,15). The normalized spacial score (nSPS) is 29.1. The van der Waals surface area contributed by atoms with E-state index in [2.05, 4.69) is 29.1 Å². The molecule has 1 heterocycles. The van der Waals surface area contributed by atoms with Crippen molar-refractivity contribution >= 4 is 5.82 Å². The van der Waals surface area contributed by atoms with Gasteiger partial charge >= 0.3 is 0 Å². The number of hydrogen-bond acceptors (Lipinski definition) is 4. The average Bonchev–Trinajstić information content (AvgIpc) is 2.61. The molecule has 4 nitrogen and oxygen atoms in total. The summed E-state index contributed by atoms with van der Waals surface area (Å²) < 4.78 is 5.08. The van der Waals surface area contributed by atoms with Crippen LogP contribution >= 0.6 is 0 Å². The van der Waals surface area contributed by atoms with Crippen LogP contribution in [-0.4, -0.2) is 23.1 Å². The predicted molar refractivity (Wildman–Crippen MR) is 63.6 cm³/mol. The molecule has 1 aromatic heterocycles. The van der Waals surface area contributed by atoms with Crippen molar-refractivity contribution in [3.63, 3.8) is 0 Å². The lowest BCUT2D eigenvalue weighted by atomic mass is 9.98. The molecule has 0 saturated heterocycles. The SMILES string of the molecule is COc1cc(NC2CCC(C)C2C)ncn1. The molecule has 1 N–H and O–H groups in total. The molecule has 0 aromatic carbocycles. The average molecular weight is 221 g/mol. The van der Waals surface area contributed by atoms with Crippen LogP contribution in [0, 0.1) is 11.8 Å². The van der Waals surface area contributed by atoms with Gasteiger partial charge in [-0.05, 0) is 24.7 Å². The molecule has 0 aliphatic heterocycles. The van der Waals surface area contributed by atoms with Crippen LogP contribution in [0.3, 0.4) is 0 Å². The van der Waals surface area contributed by atoms with Crippen LogP contribution in [0.25, 0.3) is 0 Å². The lowest BCUT2D eigenvalue weighted by Gasteiger charge is -2.20. The van der Waals surface area contributed by atoms with E-state index in [1.54, 1.807) is 7.11 Å². The van der Waals surface area contributed by atoms with E-state index >= 15 is 0 Å². The third-order valence-electron chi connectivity index (χ3n) is 3.65. The van der Waals surface area contributed by atoms with Crippen molar-refractivity contribution in [2.45, 2.75) is 32.7 Å². The van der Waals surface area contributed by atoms with Crippen LogP contribution in [0.4, 0.5) is 5.82 Å². The monoisotopic (exact) mass is 221 g/mol. The number of ether oxygens (including phenoxy) is 1. The highest BCUT2D eigenvalue weighted by atomic mass is 16.5. The molecule has 88 valence electrons. The highest BCUT2D eigenvalue weighted by Gasteiger charge is 2.29. The molecule has 0 radical (unpaired) electrons. The zero-order valence-corrected chi connectivity index (χ0v) is 10.1. The Kier molecular flexibility index (Phi) is 3.27. The fourth-order valence-corrected chi connectivity index (χ4v) is 2.29. The van der Waals surface area contributed by atoms with Gasteiger partial charge in [-0.3, -0.25) is 0 Å². The molecule has 3 atom stereocenters. The lowest BCUT2D eigenvalue weighted by Crippen LogP contribution is -2.24. The van der Waals surface area contributed by atoms with Crippen molar-refractivity contribution in [3.05, 3.63) is 12.4 Å². The number of nitrogens with one attached hydrogen (secondary N) is 1. The number of nitrogens with zero attached hydrogens (tertiary/aromatic N) is 2. The van der Waals surface area contributed by atoms with E-state index in [4.69, 9.17) is 4.74 Å². The fourth-order valence-electron chi connectivity index (χ4n) is 2.29. The smallest absolute Gasteiger partial charge is 0.218 e. The van der Waals surface area contributed by atoms with E-state index in [0.29, 0.717) is 17.8 Å². The summed E-state index contributed by atoms with van der Waals surface area (Å²) in [5.74, 6) is 2.95. The van der Waals surface area contributed by atoms with E-state index in [1.807, 2.05) is 6.07 Å². The summed E-state index contributed by atoms with van der Waals surface area (Å²) in [6, 6.07) is 2.37. The van der Waals surface area contributed by atoms with E-state index in [-0.39, 0.29) is 0 Å². The second-order valence-electron chi connectivity index (χ2n) is 4.61. The van der Waals surface area contributed by atoms with Gasteiger partial charge in [0.15, 0.2) is 0 Å². The minimum absolute atomic E-state index is 0.523. The van der Waals surface area contributed by atoms with E-state index in [9.17, 15) is 0 Å². The van der Waals surface area contributed by atoms with Gasteiger partial charge in [-0.15, -0.1) is 0 Å². The first-order valence-electron chi connectivity index (χ1n) is 5.83. The van der Waals surface area contributed by atoms with Crippen molar-refractivity contribution in [2.24, 2.45) is 11.8 Å². The molecule has 2 rings (SSSR count). The molecule has 0 spiro atoms. The first-order chi connectivity index (χ1) is 7.70. The number of methoxy groups -OCH3 is 1. The Labute approximate surface area is 96.4 Å². The van der Waals surface area contributed by atoms with Crippen molar-refractivity contribution < 1.29 is 4.74 Å². The predicted octanol–water partition coefficient (Wildman–Crippen LogP) is 2.33. The Hall–Kier alpha value is -1.32. The highest BCUT2D eigenvalue weighted by Crippen LogP contribution is 2.33. The van der Waals surface area contributed by atoms with Crippen molar-refractivity contribution in [1.82, 2.24) is 9.97 Å². The van der Waals surface area contributed by atoms with Gasteiger partial charge in [-0.2, -0.15) is 0 Å². The van der Waals surface area contributed by atoms with Crippen LogP contribution in [0.2, 0.25) is 0 Å². The summed E-state index contributed by atoms with van der Waals surface area (Å²) in [4.78, 5) is 8.20. The van der Waals surface area contributed by atoms with Gasteiger partial charge in [0, 0.05) is 12.1 Å². The van der Waals surface area contributed by atoms with Crippen LogP contribution in [-0.2, 0) is 0 Å². The third kappa shape index (κ3) is 2.26. The molecule has 16 heavy (non-hydrogen) atoms. The Morgan fingerprint density at radius 1 is 1.31 bits per heavy atom. The van der Waals surface area contributed by atoms with E-state index < -0.39 is 0 Å². The minimum atomic E-state index is 0.523. The van der Waals surface area contributed by atoms with Crippen molar-refractivity contribution in [1.29, 1.82) is 0 Å². The Balaban J connectivity index is 2.03. The van der Waals surface area contributed by atoms with Gasteiger partial charge < -0.3 is 10.1 Å². The molecule has 0 bridgehead atoms. The number of anilines is 1. The Morgan fingerprint density at radius 2 is 2.12 bits per heavy atom. The second kappa shape index (κ2) is 4.68. The molecular weight excluding hydrogens is 202 g/mol. The summed E-state index contributed by atoms with van der Waals surface area (Å²) >= 11 is 0. The summed E-state index contributed by atoms with van der Waals surface area (Å²) in [6.07, 6.45) is 4.04. The number of aromatic nitrogens is 2. The Bertz CT molecular complexity index is 356. The first-order valence-corrected chi connectivity index (χ1v) is 5.83. The molecular formula is C12H19N3O. The van der Waals surface area contributed by atoms with Crippen LogP contribution in [0.1, 0.15) is 26.7 Å². The summed E-state index contributed by atoms with van der Waals surface area (Å²) in [5, 5.41) is 3.46. The highest BCUT2D eigenvalue weighted by molar-refractivity contribution is 5.38. The lowest BCUT2D eigenvalue weighted by molar-refractivity contribution is 0.396. The summed E-state index contributed by atoms with van der Waals surface area (Å²) in [6.45, 7) is 4.61. The van der Waals surface area contributed by atoms with Gasteiger partial charge in [-0.25, -0.2) is 9.97 Å². The van der Waals surface area contributed by atoms with Crippen LogP contribution in [0.15, 0.2) is 12.4 Å². The molecule has 1 aliphatic carbocycles. The molecule has 1 aliphatic rings. The third-order valence-corrected chi connectivity index (χ3v) is 3.65. The van der Waals surface area contributed by atoms with Crippen molar-refractivity contribution in [3.8, 4) is 5.88 Å².